The van der Waals surface area contributed by atoms with Gasteiger partial charge in [-0.25, -0.2) is 0 Å². The van der Waals surface area contributed by atoms with Crippen LogP contribution in [-0.2, 0) is 14.3 Å². The summed E-state index contributed by atoms with van der Waals surface area (Å²) in [5.74, 6) is -1.72. The molecule has 0 rings (SSSR count). The lowest BCUT2D eigenvalue weighted by Gasteiger charge is -2.07. The van der Waals surface area contributed by atoms with Gasteiger partial charge in [0.15, 0.2) is 0 Å². The van der Waals surface area contributed by atoms with Crippen LogP contribution in [0.5, 0.6) is 0 Å². The fraction of sp³-hybridized carbons (Fsp3) is 0.818. The minimum Gasteiger partial charge on any atom is -0.480 e. The minimum atomic E-state index is -1.18. The van der Waals surface area contributed by atoms with E-state index in [1.807, 2.05) is 0 Å². The molecule has 1 atom stereocenters. The normalized spacial score (nSPS) is 12.1. The number of rotatable bonds is 9. The number of carboxylic acids is 1. The first-order valence-corrected chi connectivity index (χ1v) is 5.72. The molecule has 0 aromatic carbocycles. The van der Waals surface area contributed by atoms with E-state index in [-0.39, 0.29) is 6.42 Å². The topological polar surface area (TPSA) is 89.6 Å². The van der Waals surface area contributed by atoms with E-state index in [1.54, 1.807) is 0 Å². The van der Waals surface area contributed by atoms with Gasteiger partial charge in [-0.3, -0.25) is 9.59 Å². The number of carbonyl (C=O) groups is 2. The van der Waals surface area contributed by atoms with E-state index in [0.717, 1.165) is 19.3 Å². The van der Waals surface area contributed by atoms with Gasteiger partial charge < -0.3 is 15.6 Å². The number of aliphatic carboxylic acids is 1. The number of carbonyl (C=O) groups excluding carboxylic acids is 1. The average Bonchev–Trinajstić information content (AvgIpc) is 2.23. The highest BCUT2D eigenvalue weighted by atomic mass is 16.5. The van der Waals surface area contributed by atoms with Crippen molar-refractivity contribution in [1.82, 2.24) is 0 Å². The van der Waals surface area contributed by atoms with E-state index in [2.05, 4.69) is 6.92 Å². The Morgan fingerprint density at radius 2 is 1.88 bits per heavy atom. The smallest absolute Gasteiger partial charge is 0.321 e. The molecule has 0 saturated heterocycles. The summed E-state index contributed by atoms with van der Waals surface area (Å²) in [6.45, 7) is 2.49. The highest BCUT2D eigenvalue weighted by Gasteiger charge is 2.16. The predicted molar refractivity (Wildman–Crippen MR) is 59.9 cm³/mol. The van der Waals surface area contributed by atoms with Crippen molar-refractivity contribution in [3.8, 4) is 0 Å². The summed E-state index contributed by atoms with van der Waals surface area (Å²) in [5.41, 5.74) is 5.19. The van der Waals surface area contributed by atoms with Gasteiger partial charge >= 0.3 is 11.9 Å². The summed E-state index contributed by atoms with van der Waals surface area (Å²) in [5, 5.41) is 8.47. The number of esters is 1. The SMILES string of the molecule is CCCCCCCOC(=O)CC(N)C(=O)O. The predicted octanol–water partition coefficient (Wildman–Crippen LogP) is 1.30. The Labute approximate surface area is 96.0 Å². The molecule has 5 nitrogen and oxygen atoms in total. The Kier molecular flexibility index (Phi) is 8.52. The van der Waals surface area contributed by atoms with Crippen LogP contribution in [0.4, 0.5) is 0 Å². The van der Waals surface area contributed by atoms with Gasteiger partial charge in [-0.05, 0) is 6.42 Å². The lowest BCUT2D eigenvalue weighted by Crippen LogP contribution is -2.33. The second-order valence-electron chi connectivity index (χ2n) is 3.78. The molecule has 0 amide bonds. The van der Waals surface area contributed by atoms with Crippen molar-refractivity contribution < 1.29 is 19.4 Å². The summed E-state index contributed by atoms with van der Waals surface area (Å²) in [4.78, 5) is 21.4. The van der Waals surface area contributed by atoms with Crippen LogP contribution in [0.1, 0.15) is 45.4 Å². The van der Waals surface area contributed by atoms with Gasteiger partial charge in [0.2, 0.25) is 0 Å². The van der Waals surface area contributed by atoms with E-state index in [0.29, 0.717) is 6.61 Å². The molecule has 0 bridgehead atoms. The molecule has 0 aromatic rings. The van der Waals surface area contributed by atoms with Crippen molar-refractivity contribution in [1.29, 1.82) is 0 Å². The molecular weight excluding hydrogens is 210 g/mol. The van der Waals surface area contributed by atoms with Gasteiger partial charge in [0.25, 0.3) is 0 Å². The molecular formula is C11H21NO4. The van der Waals surface area contributed by atoms with E-state index in [4.69, 9.17) is 15.6 Å². The lowest BCUT2D eigenvalue weighted by molar-refractivity contribution is -0.148. The van der Waals surface area contributed by atoms with Crippen molar-refractivity contribution >= 4 is 11.9 Å². The highest BCUT2D eigenvalue weighted by molar-refractivity contribution is 5.81. The molecule has 0 aromatic heterocycles. The van der Waals surface area contributed by atoms with Crippen LogP contribution in [0.3, 0.4) is 0 Å². The van der Waals surface area contributed by atoms with Gasteiger partial charge in [-0.2, -0.15) is 0 Å². The van der Waals surface area contributed by atoms with Crippen LogP contribution in [0.25, 0.3) is 0 Å². The molecule has 0 fully saturated rings. The van der Waals surface area contributed by atoms with Crippen molar-refractivity contribution in [2.75, 3.05) is 6.61 Å². The van der Waals surface area contributed by atoms with Gasteiger partial charge in [-0.1, -0.05) is 32.6 Å². The number of hydrogen-bond donors (Lipinski definition) is 2. The highest BCUT2D eigenvalue weighted by Crippen LogP contribution is 2.03. The molecule has 0 saturated carbocycles. The molecule has 5 heteroatoms. The van der Waals surface area contributed by atoms with Gasteiger partial charge in [0.05, 0.1) is 13.0 Å². The number of unbranched alkanes of at least 4 members (excludes halogenated alkanes) is 4. The minimum absolute atomic E-state index is 0.260. The lowest BCUT2D eigenvalue weighted by atomic mass is 10.2. The third-order valence-corrected chi connectivity index (χ3v) is 2.21. The van der Waals surface area contributed by atoms with Gasteiger partial charge in [0.1, 0.15) is 6.04 Å². The molecule has 1 unspecified atom stereocenters. The van der Waals surface area contributed by atoms with E-state index < -0.39 is 18.0 Å². The summed E-state index contributed by atoms with van der Waals surface area (Å²) in [6, 6.07) is -1.16. The van der Waals surface area contributed by atoms with Crippen molar-refractivity contribution in [3.05, 3.63) is 0 Å². The molecule has 3 N–H and O–H groups in total. The third-order valence-electron chi connectivity index (χ3n) is 2.21. The molecule has 0 aliphatic rings. The summed E-state index contributed by atoms with van der Waals surface area (Å²) in [7, 11) is 0. The Bertz CT molecular complexity index is 218. The number of nitrogens with two attached hydrogens (primary N) is 1. The van der Waals surface area contributed by atoms with Crippen LogP contribution in [0.15, 0.2) is 0 Å². The fourth-order valence-corrected chi connectivity index (χ4v) is 1.22. The molecule has 0 spiro atoms. The molecule has 0 aliphatic carbocycles. The Morgan fingerprint density at radius 3 is 2.44 bits per heavy atom. The van der Waals surface area contributed by atoms with Crippen LogP contribution in [0.2, 0.25) is 0 Å². The Balaban J connectivity index is 3.40. The van der Waals surface area contributed by atoms with Crippen LogP contribution in [-0.4, -0.2) is 29.7 Å². The monoisotopic (exact) mass is 231 g/mol. The fourth-order valence-electron chi connectivity index (χ4n) is 1.22. The molecule has 94 valence electrons. The molecule has 16 heavy (non-hydrogen) atoms. The summed E-state index contributed by atoms with van der Waals surface area (Å²) in [6.07, 6.45) is 5.11. The van der Waals surface area contributed by atoms with Gasteiger partial charge in [0, 0.05) is 0 Å². The van der Waals surface area contributed by atoms with E-state index in [9.17, 15) is 9.59 Å². The first kappa shape index (κ1) is 14.9. The summed E-state index contributed by atoms with van der Waals surface area (Å²) < 4.78 is 4.86. The number of carboxylic acid groups (broad SMARTS) is 1. The van der Waals surface area contributed by atoms with Crippen molar-refractivity contribution in [2.45, 2.75) is 51.5 Å². The van der Waals surface area contributed by atoms with Crippen molar-refractivity contribution in [3.63, 3.8) is 0 Å². The third kappa shape index (κ3) is 8.23. The molecule has 0 aliphatic heterocycles. The van der Waals surface area contributed by atoms with E-state index >= 15 is 0 Å². The second-order valence-corrected chi connectivity index (χ2v) is 3.78. The maximum absolute atomic E-state index is 11.1. The second kappa shape index (κ2) is 9.15. The number of hydrogen-bond acceptors (Lipinski definition) is 4. The largest absolute Gasteiger partial charge is 0.480 e. The zero-order valence-electron chi connectivity index (χ0n) is 9.78. The maximum atomic E-state index is 11.1. The van der Waals surface area contributed by atoms with Crippen LogP contribution >= 0.6 is 0 Å². The molecule has 0 radical (unpaired) electrons. The van der Waals surface area contributed by atoms with Crippen LogP contribution < -0.4 is 5.73 Å². The van der Waals surface area contributed by atoms with Gasteiger partial charge in [-0.15, -0.1) is 0 Å². The zero-order chi connectivity index (χ0) is 12.4. The Hall–Kier alpha value is -1.10. The molecule has 0 heterocycles. The standard InChI is InChI=1S/C11H21NO4/c1-2-3-4-5-6-7-16-10(13)8-9(12)11(14)15/h9H,2-8,12H2,1H3,(H,14,15). The quantitative estimate of drug-likeness (QED) is 0.461. The first-order chi connectivity index (χ1) is 7.57. The first-order valence-electron chi connectivity index (χ1n) is 5.72. The van der Waals surface area contributed by atoms with Crippen molar-refractivity contribution in [2.24, 2.45) is 5.73 Å². The summed E-state index contributed by atoms with van der Waals surface area (Å²) >= 11 is 0. The zero-order valence-corrected chi connectivity index (χ0v) is 9.78. The Morgan fingerprint density at radius 1 is 1.25 bits per heavy atom. The van der Waals surface area contributed by atoms with Crippen LogP contribution in [0, 0.1) is 0 Å². The van der Waals surface area contributed by atoms with E-state index in [1.165, 1.54) is 12.8 Å². The maximum Gasteiger partial charge on any atom is 0.321 e. The average molecular weight is 231 g/mol. The number of ether oxygens (including phenoxy) is 1.